The van der Waals surface area contributed by atoms with Crippen LogP contribution in [0.25, 0.3) is 0 Å². The Morgan fingerprint density at radius 3 is 2.86 bits per heavy atom. The first-order chi connectivity index (χ1) is 9.95. The summed E-state index contributed by atoms with van der Waals surface area (Å²) in [6.45, 7) is 1.35. The van der Waals surface area contributed by atoms with Gasteiger partial charge in [0.1, 0.15) is 0 Å². The van der Waals surface area contributed by atoms with Gasteiger partial charge in [-0.1, -0.05) is 11.6 Å². The van der Waals surface area contributed by atoms with Crippen LogP contribution in [0.1, 0.15) is 10.4 Å². The van der Waals surface area contributed by atoms with E-state index in [0.717, 1.165) is 0 Å². The number of carboxylic acids is 1. The highest BCUT2D eigenvalue weighted by Crippen LogP contribution is 2.20. The third-order valence-electron chi connectivity index (χ3n) is 2.97. The van der Waals surface area contributed by atoms with Gasteiger partial charge < -0.3 is 15.7 Å². The number of nitrogens with zero attached hydrogens (tertiary/aromatic N) is 1. The van der Waals surface area contributed by atoms with Gasteiger partial charge in [0.2, 0.25) is 11.8 Å². The van der Waals surface area contributed by atoms with Gasteiger partial charge in [-0.2, -0.15) is 0 Å². The third kappa shape index (κ3) is 4.17. The molecule has 2 rings (SSSR count). The summed E-state index contributed by atoms with van der Waals surface area (Å²) < 4.78 is 0. The molecule has 0 bridgehead atoms. The number of aromatic carboxylic acids is 1. The van der Waals surface area contributed by atoms with Crippen molar-refractivity contribution in [1.82, 2.24) is 10.2 Å². The maximum Gasteiger partial charge on any atom is 0.337 e. The van der Waals surface area contributed by atoms with E-state index in [9.17, 15) is 14.4 Å². The zero-order valence-corrected chi connectivity index (χ0v) is 11.8. The Bertz CT molecular complexity index is 591. The van der Waals surface area contributed by atoms with Crippen LogP contribution in [0.5, 0.6) is 0 Å². The summed E-state index contributed by atoms with van der Waals surface area (Å²) in [5, 5.41) is 14.3. The Hall–Kier alpha value is -2.12. The fourth-order valence-electron chi connectivity index (χ4n) is 2.00. The molecule has 21 heavy (non-hydrogen) atoms. The van der Waals surface area contributed by atoms with E-state index in [4.69, 9.17) is 16.7 Å². The number of nitrogens with one attached hydrogen (secondary N) is 2. The summed E-state index contributed by atoms with van der Waals surface area (Å²) in [6, 6.07) is 4.23. The number of halogens is 1. The number of carboxylic acid groups (broad SMARTS) is 1. The summed E-state index contributed by atoms with van der Waals surface area (Å²) in [5.74, 6) is -1.60. The molecule has 1 aliphatic heterocycles. The molecule has 2 amide bonds. The Kier molecular flexibility index (Phi) is 4.77. The van der Waals surface area contributed by atoms with Gasteiger partial charge in [-0.3, -0.25) is 14.5 Å². The second-order valence-electron chi connectivity index (χ2n) is 4.61. The fraction of sp³-hybridized carbons (Fsp3) is 0.308. The highest BCUT2D eigenvalue weighted by molar-refractivity contribution is 6.33. The van der Waals surface area contributed by atoms with Gasteiger partial charge in [-0.15, -0.1) is 0 Å². The van der Waals surface area contributed by atoms with Crippen molar-refractivity contribution in [3.05, 3.63) is 28.8 Å². The summed E-state index contributed by atoms with van der Waals surface area (Å²) in [7, 11) is 0. The zero-order valence-electron chi connectivity index (χ0n) is 11.1. The lowest BCUT2D eigenvalue weighted by molar-refractivity contribution is -0.125. The Morgan fingerprint density at radius 2 is 2.19 bits per heavy atom. The summed E-state index contributed by atoms with van der Waals surface area (Å²) in [6.07, 6.45) is 0. The molecule has 0 atom stereocenters. The number of carbonyl (C=O) groups is 3. The SMILES string of the molecule is O=C1CN(CC(=O)Nc2ccc(Cl)c(C(=O)O)c2)CCN1. The highest BCUT2D eigenvalue weighted by atomic mass is 35.5. The standard InChI is InChI=1S/C13H14ClN3O4/c14-10-2-1-8(5-9(10)13(20)21)16-12(19)7-17-4-3-15-11(18)6-17/h1-2,5H,3-4,6-7H2,(H,15,18)(H,16,19)(H,20,21). The van der Waals surface area contributed by atoms with Crippen molar-refractivity contribution >= 4 is 35.1 Å². The second kappa shape index (κ2) is 6.55. The van der Waals surface area contributed by atoms with Crippen LogP contribution in [0.2, 0.25) is 5.02 Å². The normalized spacial score (nSPS) is 15.4. The molecule has 0 saturated carbocycles. The molecule has 7 nitrogen and oxygen atoms in total. The highest BCUT2D eigenvalue weighted by Gasteiger charge is 2.19. The number of carbonyl (C=O) groups excluding carboxylic acids is 2. The lowest BCUT2D eigenvalue weighted by Crippen LogP contribution is -2.49. The van der Waals surface area contributed by atoms with Crippen LogP contribution < -0.4 is 10.6 Å². The molecule has 0 radical (unpaired) electrons. The number of hydrogen-bond acceptors (Lipinski definition) is 4. The number of benzene rings is 1. The van der Waals surface area contributed by atoms with Crippen molar-refractivity contribution in [2.45, 2.75) is 0 Å². The van der Waals surface area contributed by atoms with E-state index in [0.29, 0.717) is 18.8 Å². The van der Waals surface area contributed by atoms with Gasteiger partial charge in [0.25, 0.3) is 0 Å². The second-order valence-corrected chi connectivity index (χ2v) is 5.02. The minimum atomic E-state index is -1.16. The van der Waals surface area contributed by atoms with Gasteiger partial charge in [-0.05, 0) is 18.2 Å². The first kappa shape index (κ1) is 15.3. The lowest BCUT2D eigenvalue weighted by atomic mass is 10.2. The van der Waals surface area contributed by atoms with Crippen LogP contribution in [-0.4, -0.2) is 54.0 Å². The Balaban J connectivity index is 1.98. The molecule has 3 N–H and O–H groups in total. The van der Waals surface area contributed by atoms with Crippen LogP contribution in [0.15, 0.2) is 18.2 Å². The van der Waals surface area contributed by atoms with E-state index >= 15 is 0 Å². The number of hydrogen-bond donors (Lipinski definition) is 3. The zero-order chi connectivity index (χ0) is 15.4. The van der Waals surface area contributed by atoms with E-state index < -0.39 is 5.97 Å². The Morgan fingerprint density at radius 1 is 1.43 bits per heavy atom. The molecule has 0 unspecified atom stereocenters. The van der Waals surface area contributed by atoms with Crippen LogP contribution in [0.3, 0.4) is 0 Å². The Labute approximate surface area is 125 Å². The molecule has 1 aromatic rings. The van der Waals surface area contributed by atoms with Gasteiger partial charge in [0.15, 0.2) is 0 Å². The number of piperazine rings is 1. The topological polar surface area (TPSA) is 98.7 Å². The van der Waals surface area contributed by atoms with Crippen LogP contribution in [0, 0.1) is 0 Å². The average Bonchev–Trinajstić information content (AvgIpc) is 2.40. The van der Waals surface area contributed by atoms with Crippen LogP contribution >= 0.6 is 11.6 Å². The van der Waals surface area contributed by atoms with E-state index in [-0.39, 0.29) is 35.5 Å². The van der Waals surface area contributed by atoms with Crippen molar-refractivity contribution in [2.75, 3.05) is 31.5 Å². The molecule has 112 valence electrons. The predicted octanol–water partition coefficient (Wildman–Crippen LogP) is 0.408. The van der Waals surface area contributed by atoms with Crippen molar-refractivity contribution in [1.29, 1.82) is 0 Å². The molecule has 1 saturated heterocycles. The first-order valence-electron chi connectivity index (χ1n) is 6.27. The molecule has 1 aliphatic rings. The third-order valence-corrected chi connectivity index (χ3v) is 3.29. The maximum absolute atomic E-state index is 11.9. The molecule has 1 aromatic carbocycles. The summed E-state index contributed by atoms with van der Waals surface area (Å²) in [4.78, 5) is 35.8. The minimum absolute atomic E-state index is 0.0679. The van der Waals surface area contributed by atoms with Gasteiger partial charge in [0, 0.05) is 18.8 Å². The van der Waals surface area contributed by atoms with Crippen molar-refractivity contribution < 1.29 is 19.5 Å². The van der Waals surface area contributed by atoms with Crippen molar-refractivity contribution in [2.24, 2.45) is 0 Å². The predicted molar refractivity (Wildman–Crippen MR) is 76.5 cm³/mol. The number of rotatable bonds is 4. The quantitative estimate of drug-likeness (QED) is 0.748. The number of anilines is 1. The minimum Gasteiger partial charge on any atom is -0.478 e. The molecular formula is C13H14ClN3O4. The fourth-order valence-corrected chi connectivity index (χ4v) is 2.20. The van der Waals surface area contributed by atoms with E-state index in [2.05, 4.69) is 10.6 Å². The summed E-state index contributed by atoms with van der Waals surface area (Å²) in [5.41, 5.74) is 0.273. The molecule has 0 aromatic heterocycles. The molecule has 8 heteroatoms. The van der Waals surface area contributed by atoms with E-state index in [1.165, 1.54) is 18.2 Å². The monoisotopic (exact) mass is 311 g/mol. The maximum atomic E-state index is 11.9. The molecule has 1 heterocycles. The average molecular weight is 312 g/mol. The first-order valence-corrected chi connectivity index (χ1v) is 6.65. The van der Waals surface area contributed by atoms with E-state index in [1.807, 2.05) is 0 Å². The number of amides is 2. The largest absolute Gasteiger partial charge is 0.478 e. The van der Waals surface area contributed by atoms with Gasteiger partial charge in [0.05, 0.1) is 23.7 Å². The van der Waals surface area contributed by atoms with Gasteiger partial charge in [-0.25, -0.2) is 4.79 Å². The van der Waals surface area contributed by atoms with E-state index in [1.54, 1.807) is 4.90 Å². The molecular weight excluding hydrogens is 298 g/mol. The van der Waals surface area contributed by atoms with Crippen molar-refractivity contribution in [3.8, 4) is 0 Å². The molecule has 1 fully saturated rings. The lowest BCUT2D eigenvalue weighted by Gasteiger charge is -2.25. The van der Waals surface area contributed by atoms with Gasteiger partial charge >= 0.3 is 5.97 Å². The van der Waals surface area contributed by atoms with Crippen LogP contribution in [0.4, 0.5) is 5.69 Å². The van der Waals surface area contributed by atoms with Crippen molar-refractivity contribution in [3.63, 3.8) is 0 Å². The summed E-state index contributed by atoms with van der Waals surface area (Å²) >= 11 is 5.75. The van der Waals surface area contributed by atoms with Crippen LogP contribution in [-0.2, 0) is 9.59 Å². The molecule has 0 aliphatic carbocycles. The smallest absolute Gasteiger partial charge is 0.337 e. The molecule has 0 spiro atoms.